The molecular formula is C11H11F5O. The maximum atomic E-state index is 13.2. The first kappa shape index (κ1) is 13.7. The lowest BCUT2D eigenvalue weighted by Gasteiger charge is -2.25. The van der Waals surface area contributed by atoms with Gasteiger partial charge in [-0.3, -0.25) is 0 Å². The van der Waals surface area contributed by atoms with E-state index < -0.39 is 40.4 Å². The van der Waals surface area contributed by atoms with Crippen LogP contribution in [0.3, 0.4) is 0 Å². The summed E-state index contributed by atoms with van der Waals surface area (Å²) in [6.45, 7) is 4.61. The zero-order chi connectivity index (χ0) is 13.4. The zero-order valence-corrected chi connectivity index (χ0v) is 9.51. The molecule has 0 aliphatic heterocycles. The Morgan fingerprint density at radius 2 is 1.18 bits per heavy atom. The number of hydrogen-bond acceptors (Lipinski definition) is 1. The van der Waals surface area contributed by atoms with Gasteiger partial charge in [-0.1, -0.05) is 6.92 Å². The van der Waals surface area contributed by atoms with Crippen LogP contribution in [0.25, 0.3) is 0 Å². The summed E-state index contributed by atoms with van der Waals surface area (Å²) < 4.78 is 69.7. The molecule has 0 N–H and O–H groups in total. The molecule has 1 rings (SSSR count). The van der Waals surface area contributed by atoms with Crippen LogP contribution in [0, 0.1) is 29.1 Å². The van der Waals surface area contributed by atoms with Gasteiger partial charge in [0.2, 0.25) is 29.1 Å². The molecule has 1 aromatic rings. The number of benzene rings is 1. The third-order valence-electron chi connectivity index (χ3n) is 2.40. The maximum Gasteiger partial charge on any atom is 0.207 e. The van der Waals surface area contributed by atoms with E-state index in [4.69, 9.17) is 4.74 Å². The van der Waals surface area contributed by atoms with E-state index in [-0.39, 0.29) is 0 Å². The summed E-state index contributed by atoms with van der Waals surface area (Å²) in [4.78, 5) is 0. The average molecular weight is 254 g/mol. The van der Waals surface area contributed by atoms with Gasteiger partial charge in [-0.2, -0.15) is 8.78 Å². The van der Waals surface area contributed by atoms with E-state index in [0.29, 0.717) is 6.42 Å². The summed E-state index contributed by atoms with van der Waals surface area (Å²) in [5.41, 5.74) is -1.03. The first-order valence-corrected chi connectivity index (χ1v) is 4.91. The molecule has 6 heteroatoms. The largest absolute Gasteiger partial charge is 0.482 e. The van der Waals surface area contributed by atoms with Crippen molar-refractivity contribution in [2.45, 2.75) is 32.8 Å². The molecule has 1 nitrogen and oxygen atoms in total. The van der Waals surface area contributed by atoms with Gasteiger partial charge in [-0.05, 0) is 20.3 Å². The molecule has 0 heterocycles. The highest BCUT2D eigenvalue weighted by atomic mass is 19.2. The van der Waals surface area contributed by atoms with E-state index in [0.717, 1.165) is 0 Å². The van der Waals surface area contributed by atoms with Crippen molar-refractivity contribution in [1.29, 1.82) is 0 Å². The Morgan fingerprint density at radius 3 is 1.53 bits per heavy atom. The molecular weight excluding hydrogens is 243 g/mol. The molecule has 0 radical (unpaired) electrons. The maximum absolute atomic E-state index is 13.2. The Kier molecular flexibility index (Phi) is 3.64. The predicted molar refractivity (Wildman–Crippen MR) is 51.2 cm³/mol. The van der Waals surface area contributed by atoms with Gasteiger partial charge in [0.25, 0.3) is 0 Å². The molecule has 0 fully saturated rings. The van der Waals surface area contributed by atoms with Crippen molar-refractivity contribution in [2.75, 3.05) is 0 Å². The Morgan fingerprint density at radius 1 is 0.824 bits per heavy atom. The van der Waals surface area contributed by atoms with E-state index >= 15 is 0 Å². The van der Waals surface area contributed by atoms with E-state index in [1.807, 2.05) is 0 Å². The minimum Gasteiger partial charge on any atom is -0.482 e. The molecule has 1 aromatic carbocycles. The second kappa shape index (κ2) is 4.50. The molecule has 0 atom stereocenters. The first-order valence-electron chi connectivity index (χ1n) is 4.91. The SMILES string of the molecule is CCC(C)(C)Oc1c(F)c(F)c(F)c(F)c1F. The van der Waals surface area contributed by atoms with Crippen LogP contribution in [-0.2, 0) is 0 Å². The van der Waals surface area contributed by atoms with Crippen LogP contribution < -0.4 is 4.74 Å². The lowest BCUT2D eigenvalue weighted by Crippen LogP contribution is -2.28. The van der Waals surface area contributed by atoms with Crippen molar-refractivity contribution in [3.8, 4) is 5.75 Å². The van der Waals surface area contributed by atoms with E-state index in [9.17, 15) is 22.0 Å². The summed E-state index contributed by atoms with van der Waals surface area (Å²) >= 11 is 0. The van der Waals surface area contributed by atoms with Gasteiger partial charge < -0.3 is 4.74 Å². The van der Waals surface area contributed by atoms with Crippen LogP contribution in [0.2, 0.25) is 0 Å². The standard InChI is InChI=1S/C11H11F5O/c1-4-11(2,3)17-10-8(15)6(13)5(12)7(14)9(10)16/h4H2,1-3H3. The molecule has 0 unspecified atom stereocenters. The summed E-state index contributed by atoms with van der Waals surface area (Å²) in [6, 6.07) is 0. The van der Waals surface area contributed by atoms with Gasteiger partial charge in [-0.15, -0.1) is 0 Å². The molecule has 0 saturated carbocycles. The van der Waals surface area contributed by atoms with Crippen LogP contribution in [0.4, 0.5) is 22.0 Å². The summed E-state index contributed by atoms with van der Waals surface area (Å²) in [6.07, 6.45) is 0.340. The smallest absolute Gasteiger partial charge is 0.207 e. The van der Waals surface area contributed by atoms with E-state index in [1.54, 1.807) is 6.92 Å². The lowest BCUT2D eigenvalue weighted by molar-refractivity contribution is 0.0898. The van der Waals surface area contributed by atoms with Crippen molar-refractivity contribution < 1.29 is 26.7 Å². The predicted octanol–water partition coefficient (Wildman–Crippen LogP) is 3.95. The second-order valence-corrected chi connectivity index (χ2v) is 4.11. The molecule has 0 bridgehead atoms. The summed E-state index contributed by atoms with van der Waals surface area (Å²) in [5, 5.41) is 0. The fourth-order valence-corrected chi connectivity index (χ4v) is 1.02. The molecule has 0 spiro atoms. The first-order chi connectivity index (χ1) is 7.71. The monoisotopic (exact) mass is 254 g/mol. The van der Waals surface area contributed by atoms with Gasteiger partial charge in [-0.25, -0.2) is 13.2 Å². The van der Waals surface area contributed by atoms with Gasteiger partial charge in [0, 0.05) is 0 Å². The van der Waals surface area contributed by atoms with Gasteiger partial charge in [0.1, 0.15) is 5.60 Å². The molecule has 0 saturated heterocycles. The highest BCUT2D eigenvalue weighted by Crippen LogP contribution is 2.32. The fraction of sp³-hybridized carbons (Fsp3) is 0.455. The highest BCUT2D eigenvalue weighted by molar-refractivity contribution is 5.30. The highest BCUT2D eigenvalue weighted by Gasteiger charge is 2.30. The van der Waals surface area contributed by atoms with Crippen LogP contribution in [0.15, 0.2) is 0 Å². The quantitative estimate of drug-likeness (QED) is 0.451. The van der Waals surface area contributed by atoms with Crippen LogP contribution in [-0.4, -0.2) is 5.60 Å². The molecule has 96 valence electrons. The molecule has 17 heavy (non-hydrogen) atoms. The molecule has 0 aromatic heterocycles. The lowest BCUT2D eigenvalue weighted by atomic mass is 10.1. The minimum atomic E-state index is -2.19. The minimum absolute atomic E-state index is 0.340. The van der Waals surface area contributed by atoms with Crippen molar-refractivity contribution in [3.05, 3.63) is 29.1 Å². The van der Waals surface area contributed by atoms with Crippen LogP contribution in [0.1, 0.15) is 27.2 Å². The van der Waals surface area contributed by atoms with Gasteiger partial charge >= 0.3 is 0 Å². The normalized spacial score (nSPS) is 11.8. The molecule has 0 amide bonds. The van der Waals surface area contributed by atoms with Crippen molar-refractivity contribution in [1.82, 2.24) is 0 Å². The Bertz CT molecular complexity index is 413. The topological polar surface area (TPSA) is 9.23 Å². The fourth-order valence-electron chi connectivity index (χ4n) is 1.02. The Hall–Kier alpha value is -1.33. The summed E-state index contributed by atoms with van der Waals surface area (Å²) in [7, 11) is 0. The Balaban J connectivity index is 3.35. The third kappa shape index (κ3) is 2.50. The van der Waals surface area contributed by atoms with Crippen molar-refractivity contribution in [3.63, 3.8) is 0 Å². The zero-order valence-electron chi connectivity index (χ0n) is 9.51. The summed E-state index contributed by atoms with van der Waals surface area (Å²) in [5.74, 6) is -11.4. The van der Waals surface area contributed by atoms with Gasteiger partial charge in [0.05, 0.1) is 0 Å². The van der Waals surface area contributed by atoms with Crippen molar-refractivity contribution >= 4 is 0 Å². The number of hydrogen-bond donors (Lipinski definition) is 0. The number of halogens is 5. The molecule has 0 aliphatic rings. The van der Waals surface area contributed by atoms with Crippen LogP contribution in [0.5, 0.6) is 5.75 Å². The Labute approximate surface area is 95.2 Å². The van der Waals surface area contributed by atoms with Crippen molar-refractivity contribution in [2.24, 2.45) is 0 Å². The van der Waals surface area contributed by atoms with E-state index in [2.05, 4.69) is 0 Å². The number of ether oxygens (including phenoxy) is 1. The third-order valence-corrected chi connectivity index (χ3v) is 2.40. The average Bonchev–Trinajstić information content (AvgIpc) is 2.30. The van der Waals surface area contributed by atoms with Gasteiger partial charge in [0.15, 0.2) is 5.75 Å². The number of rotatable bonds is 3. The molecule has 0 aliphatic carbocycles. The van der Waals surface area contributed by atoms with E-state index in [1.165, 1.54) is 13.8 Å². The second-order valence-electron chi connectivity index (χ2n) is 4.11. The van der Waals surface area contributed by atoms with Crippen LogP contribution >= 0.6 is 0 Å².